The molecule has 0 heterocycles. The monoisotopic (exact) mass is 236 g/mol. The van der Waals surface area contributed by atoms with Crippen LogP contribution in [0.4, 0.5) is 0 Å². The molecule has 1 aliphatic rings. The number of aryl methyl sites for hydroxylation is 1. The Morgan fingerprint density at radius 1 is 0.944 bits per heavy atom. The lowest BCUT2D eigenvalue weighted by Gasteiger charge is -2.22. The maximum atomic E-state index is 9.59. The van der Waals surface area contributed by atoms with Crippen molar-refractivity contribution in [2.24, 2.45) is 0 Å². The number of fused-ring (bicyclic) bond motifs is 1. The quantitative estimate of drug-likeness (QED) is 0.788. The largest absolute Gasteiger partial charge is 0.508 e. The van der Waals surface area contributed by atoms with Crippen molar-refractivity contribution in [1.82, 2.24) is 0 Å². The lowest BCUT2D eigenvalue weighted by molar-refractivity contribution is 0.474. The fraction of sp³-hybridized carbons (Fsp3) is 0.176. The van der Waals surface area contributed by atoms with Crippen LogP contribution < -0.4 is 0 Å². The summed E-state index contributed by atoms with van der Waals surface area (Å²) in [6.07, 6.45) is 2.09. The Hall–Kier alpha value is -2.02. The zero-order chi connectivity index (χ0) is 12.5. The van der Waals surface area contributed by atoms with E-state index in [-0.39, 0.29) is 0 Å². The molecule has 18 heavy (non-hydrogen) atoms. The molecule has 0 amide bonds. The summed E-state index contributed by atoms with van der Waals surface area (Å²) in [6, 6.07) is 16.2. The van der Waals surface area contributed by atoms with Crippen molar-refractivity contribution in [1.29, 1.82) is 0 Å². The Balaban J connectivity index is 2.20. The van der Waals surface area contributed by atoms with Crippen LogP contribution in [0.15, 0.2) is 54.1 Å². The number of hydrogen-bond acceptors (Lipinski definition) is 1. The lowest BCUT2D eigenvalue weighted by atomic mass is 9.83. The zero-order valence-electron chi connectivity index (χ0n) is 10.5. The average Bonchev–Trinajstić information content (AvgIpc) is 2.40. The molecule has 1 heteroatoms. The zero-order valence-corrected chi connectivity index (χ0v) is 10.5. The summed E-state index contributed by atoms with van der Waals surface area (Å²) in [5, 5.41) is 9.59. The van der Waals surface area contributed by atoms with Crippen molar-refractivity contribution in [3.05, 3.63) is 70.8 Å². The molecule has 3 rings (SSSR count). The van der Waals surface area contributed by atoms with Gasteiger partial charge in [-0.15, -0.1) is 0 Å². The Kier molecular flexibility index (Phi) is 2.67. The van der Waals surface area contributed by atoms with Crippen LogP contribution in [0.3, 0.4) is 0 Å². The molecular formula is C17H16O. The smallest absolute Gasteiger partial charge is 0.115 e. The second kappa shape index (κ2) is 4.34. The first kappa shape index (κ1) is 11.1. The molecular weight excluding hydrogens is 220 g/mol. The van der Waals surface area contributed by atoms with Crippen LogP contribution in [0.1, 0.15) is 30.0 Å². The van der Waals surface area contributed by atoms with Gasteiger partial charge in [0.05, 0.1) is 0 Å². The van der Waals surface area contributed by atoms with Crippen LogP contribution in [-0.4, -0.2) is 5.11 Å². The summed E-state index contributed by atoms with van der Waals surface area (Å²) in [7, 11) is 0. The summed E-state index contributed by atoms with van der Waals surface area (Å²) in [6.45, 7) is 2.21. The van der Waals surface area contributed by atoms with Crippen LogP contribution in [0.25, 0.3) is 5.57 Å². The van der Waals surface area contributed by atoms with Crippen molar-refractivity contribution in [2.75, 3.05) is 0 Å². The molecule has 0 radical (unpaired) electrons. The average molecular weight is 236 g/mol. The van der Waals surface area contributed by atoms with E-state index in [1.807, 2.05) is 18.2 Å². The summed E-state index contributed by atoms with van der Waals surface area (Å²) >= 11 is 0. The van der Waals surface area contributed by atoms with Gasteiger partial charge in [-0.3, -0.25) is 0 Å². The molecule has 0 fully saturated rings. The van der Waals surface area contributed by atoms with E-state index in [1.165, 1.54) is 27.8 Å². The third-order valence-electron chi connectivity index (χ3n) is 3.62. The summed E-state index contributed by atoms with van der Waals surface area (Å²) < 4.78 is 0. The third-order valence-corrected chi connectivity index (χ3v) is 3.62. The van der Waals surface area contributed by atoms with E-state index in [0.29, 0.717) is 5.75 Å². The van der Waals surface area contributed by atoms with Crippen molar-refractivity contribution >= 4 is 5.57 Å². The SMILES string of the molecule is CC1=C(c2ccccc2)c2ccc(O)cc2CC1. The number of phenols is 1. The van der Waals surface area contributed by atoms with Crippen LogP contribution >= 0.6 is 0 Å². The highest BCUT2D eigenvalue weighted by atomic mass is 16.3. The van der Waals surface area contributed by atoms with Gasteiger partial charge in [0, 0.05) is 0 Å². The molecule has 0 bridgehead atoms. The second-order valence-corrected chi connectivity index (χ2v) is 4.86. The Morgan fingerprint density at radius 3 is 2.50 bits per heavy atom. The first-order valence-electron chi connectivity index (χ1n) is 6.33. The second-order valence-electron chi connectivity index (χ2n) is 4.86. The predicted molar refractivity (Wildman–Crippen MR) is 74.6 cm³/mol. The Labute approximate surface area is 107 Å². The number of phenolic OH excluding ortho intramolecular Hbond substituents is 1. The molecule has 0 aromatic heterocycles. The van der Waals surface area contributed by atoms with Crippen molar-refractivity contribution in [3.8, 4) is 5.75 Å². The van der Waals surface area contributed by atoms with E-state index in [4.69, 9.17) is 0 Å². The lowest BCUT2D eigenvalue weighted by Crippen LogP contribution is -2.04. The summed E-state index contributed by atoms with van der Waals surface area (Å²) in [5.41, 5.74) is 6.54. The van der Waals surface area contributed by atoms with Crippen molar-refractivity contribution in [2.45, 2.75) is 19.8 Å². The minimum absolute atomic E-state index is 0.362. The molecule has 1 nitrogen and oxygen atoms in total. The van der Waals surface area contributed by atoms with Crippen molar-refractivity contribution in [3.63, 3.8) is 0 Å². The third kappa shape index (κ3) is 1.82. The molecule has 2 aromatic rings. The molecule has 1 aliphatic carbocycles. The number of benzene rings is 2. The molecule has 0 saturated heterocycles. The van der Waals surface area contributed by atoms with Crippen LogP contribution in [0.5, 0.6) is 5.75 Å². The minimum atomic E-state index is 0.362. The summed E-state index contributed by atoms with van der Waals surface area (Å²) in [5.74, 6) is 0.362. The van der Waals surface area contributed by atoms with Crippen molar-refractivity contribution < 1.29 is 5.11 Å². The predicted octanol–water partition coefficient (Wildman–Crippen LogP) is 4.16. The van der Waals surface area contributed by atoms with Gasteiger partial charge in [0.2, 0.25) is 0 Å². The molecule has 1 N–H and O–H groups in total. The first-order valence-corrected chi connectivity index (χ1v) is 6.33. The highest BCUT2D eigenvalue weighted by Gasteiger charge is 2.17. The number of hydrogen-bond donors (Lipinski definition) is 1. The maximum absolute atomic E-state index is 9.59. The molecule has 2 aromatic carbocycles. The highest BCUT2D eigenvalue weighted by molar-refractivity contribution is 5.84. The van der Waals surface area contributed by atoms with E-state index >= 15 is 0 Å². The normalized spacial score (nSPS) is 14.5. The number of allylic oxidation sites excluding steroid dienone is 1. The van der Waals surface area contributed by atoms with Crippen LogP contribution in [0.2, 0.25) is 0 Å². The van der Waals surface area contributed by atoms with Gasteiger partial charge < -0.3 is 5.11 Å². The van der Waals surface area contributed by atoms with Gasteiger partial charge in [-0.05, 0) is 54.2 Å². The van der Waals surface area contributed by atoms with E-state index in [9.17, 15) is 5.11 Å². The fourth-order valence-corrected chi connectivity index (χ4v) is 2.71. The number of aromatic hydroxyl groups is 1. The molecule has 90 valence electrons. The van der Waals surface area contributed by atoms with Gasteiger partial charge in [0.25, 0.3) is 0 Å². The molecule has 0 aliphatic heterocycles. The van der Waals surface area contributed by atoms with Gasteiger partial charge in [-0.1, -0.05) is 42.0 Å². The van der Waals surface area contributed by atoms with Crippen LogP contribution in [-0.2, 0) is 6.42 Å². The maximum Gasteiger partial charge on any atom is 0.115 e. The minimum Gasteiger partial charge on any atom is -0.508 e. The molecule has 0 unspecified atom stereocenters. The standard InChI is InChI=1S/C17H16O/c1-12-7-8-14-11-15(18)9-10-16(14)17(12)13-5-3-2-4-6-13/h2-6,9-11,18H,7-8H2,1H3. The number of rotatable bonds is 1. The van der Waals surface area contributed by atoms with E-state index in [1.54, 1.807) is 6.07 Å². The molecule has 0 atom stereocenters. The first-order chi connectivity index (χ1) is 8.75. The Morgan fingerprint density at radius 2 is 1.72 bits per heavy atom. The van der Waals surface area contributed by atoms with Gasteiger partial charge in [0.15, 0.2) is 0 Å². The van der Waals surface area contributed by atoms with Gasteiger partial charge in [0.1, 0.15) is 5.75 Å². The molecule has 0 saturated carbocycles. The van der Waals surface area contributed by atoms with Gasteiger partial charge >= 0.3 is 0 Å². The van der Waals surface area contributed by atoms with Gasteiger partial charge in [-0.2, -0.15) is 0 Å². The topological polar surface area (TPSA) is 20.2 Å². The van der Waals surface area contributed by atoms with E-state index in [2.05, 4.69) is 31.2 Å². The Bertz CT molecular complexity index is 609. The van der Waals surface area contributed by atoms with E-state index in [0.717, 1.165) is 12.8 Å². The van der Waals surface area contributed by atoms with Gasteiger partial charge in [-0.25, -0.2) is 0 Å². The fourth-order valence-electron chi connectivity index (χ4n) is 2.71. The molecule has 0 spiro atoms. The van der Waals surface area contributed by atoms with E-state index < -0.39 is 0 Å². The summed E-state index contributed by atoms with van der Waals surface area (Å²) in [4.78, 5) is 0. The van der Waals surface area contributed by atoms with Crippen LogP contribution in [0, 0.1) is 0 Å². The highest BCUT2D eigenvalue weighted by Crippen LogP contribution is 2.36.